The quantitative estimate of drug-likeness (QED) is 0.0515. The molecule has 16 heteroatoms. The molecule has 0 aromatic rings. The zero-order valence-corrected chi connectivity index (χ0v) is 19.7. The van der Waals surface area contributed by atoms with Crippen LogP contribution in [0.3, 0.4) is 0 Å². The van der Waals surface area contributed by atoms with Gasteiger partial charge >= 0.3 is 5.97 Å². The molecule has 0 aliphatic heterocycles. The number of carbonyl (C=O) groups is 5. The molecule has 4 amide bonds. The average molecular weight is 507 g/mol. The standard InChI is InChI=1S/C18H34N8O7S/c1-34-6-4-11(24-14(29)9(19)8-27)16(31)25-10(3-2-5-23-18(21)22)15(30)26-12(17(32)33)7-13(20)28/h9-12,27H,2-8,19H2,1H3,(H2,20,28)(H,24,29)(H,25,31)(H,26,30)(H,32,33)(H4,21,22,23). The van der Waals surface area contributed by atoms with Crippen LogP contribution >= 0.6 is 11.8 Å². The van der Waals surface area contributed by atoms with E-state index in [4.69, 9.17) is 28.0 Å². The average Bonchev–Trinajstić information content (AvgIpc) is 2.76. The number of nitrogens with one attached hydrogen (secondary N) is 3. The number of aliphatic hydroxyl groups is 1. The van der Waals surface area contributed by atoms with Crippen molar-refractivity contribution in [2.75, 3.05) is 25.2 Å². The summed E-state index contributed by atoms with van der Waals surface area (Å²) in [5.41, 5.74) is 21.0. The van der Waals surface area contributed by atoms with Crippen molar-refractivity contribution in [3.8, 4) is 0 Å². The number of amides is 4. The Balaban J connectivity index is 5.56. The van der Waals surface area contributed by atoms with Crippen LogP contribution in [0.4, 0.5) is 0 Å². The highest BCUT2D eigenvalue weighted by Crippen LogP contribution is 2.06. The summed E-state index contributed by atoms with van der Waals surface area (Å²) in [5, 5.41) is 25.3. The number of aliphatic carboxylic acids is 1. The van der Waals surface area contributed by atoms with Gasteiger partial charge in [0.1, 0.15) is 24.2 Å². The first-order valence-electron chi connectivity index (χ1n) is 10.3. The summed E-state index contributed by atoms with van der Waals surface area (Å²) in [7, 11) is 0. The van der Waals surface area contributed by atoms with E-state index in [2.05, 4.69) is 20.9 Å². The molecule has 4 unspecified atom stereocenters. The van der Waals surface area contributed by atoms with Crippen LogP contribution in [0, 0.1) is 0 Å². The number of hydrogen-bond donors (Lipinski definition) is 9. The Bertz CT molecular complexity index is 748. The fraction of sp³-hybridized carbons (Fsp3) is 0.667. The van der Waals surface area contributed by atoms with Crippen molar-refractivity contribution in [2.24, 2.45) is 27.9 Å². The van der Waals surface area contributed by atoms with Crippen molar-refractivity contribution >= 4 is 47.3 Å². The third-order valence-electron chi connectivity index (χ3n) is 4.38. The van der Waals surface area contributed by atoms with Gasteiger partial charge in [-0.25, -0.2) is 4.79 Å². The number of primary amides is 1. The van der Waals surface area contributed by atoms with Crippen LogP contribution in [0.2, 0.25) is 0 Å². The summed E-state index contributed by atoms with van der Waals surface area (Å²) in [6.07, 6.45) is 1.58. The summed E-state index contributed by atoms with van der Waals surface area (Å²) >= 11 is 1.41. The van der Waals surface area contributed by atoms with E-state index < -0.39 is 66.8 Å². The van der Waals surface area contributed by atoms with Gasteiger partial charge in [-0.3, -0.25) is 24.2 Å². The SMILES string of the molecule is CSCCC(NC(=O)C(N)CO)C(=O)NC(CCCN=C(N)N)C(=O)NC(CC(N)=O)C(=O)O. The Hall–Kier alpha value is -3.11. The minimum atomic E-state index is -1.60. The van der Waals surface area contributed by atoms with E-state index in [1.54, 1.807) is 6.26 Å². The molecule has 0 aromatic carbocycles. The van der Waals surface area contributed by atoms with Gasteiger partial charge in [0.15, 0.2) is 5.96 Å². The molecule has 0 aliphatic carbocycles. The van der Waals surface area contributed by atoms with E-state index in [1.807, 2.05) is 0 Å². The van der Waals surface area contributed by atoms with E-state index in [0.717, 1.165) is 0 Å². The van der Waals surface area contributed by atoms with E-state index in [1.165, 1.54) is 11.8 Å². The number of rotatable bonds is 17. The zero-order chi connectivity index (χ0) is 26.3. The normalized spacial score (nSPS) is 14.1. The lowest BCUT2D eigenvalue weighted by Gasteiger charge is -2.25. The fourth-order valence-electron chi connectivity index (χ4n) is 2.58. The molecule has 0 fully saturated rings. The smallest absolute Gasteiger partial charge is 0.326 e. The van der Waals surface area contributed by atoms with Gasteiger partial charge in [-0.05, 0) is 31.3 Å². The predicted molar refractivity (Wildman–Crippen MR) is 125 cm³/mol. The van der Waals surface area contributed by atoms with Crippen molar-refractivity contribution in [3.63, 3.8) is 0 Å². The maximum absolute atomic E-state index is 12.9. The summed E-state index contributed by atoms with van der Waals surface area (Å²) in [5.74, 6) is -4.48. The number of carboxylic acids is 1. The van der Waals surface area contributed by atoms with Crippen molar-refractivity contribution in [2.45, 2.75) is 49.9 Å². The van der Waals surface area contributed by atoms with Crippen LogP contribution < -0.4 is 38.9 Å². The molecule has 0 saturated carbocycles. The Morgan fingerprint density at radius 2 is 1.44 bits per heavy atom. The highest BCUT2D eigenvalue weighted by Gasteiger charge is 2.30. The molecule has 0 heterocycles. The maximum Gasteiger partial charge on any atom is 0.326 e. The predicted octanol–water partition coefficient (Wildman–Crippen LogP) is -4.47. The third kappa shape index (κ3) is 12.8. The molecule has 13 N–H and O–H groups in total. The van der Waals surface area contributed by atoms with Crippen LogP contribution in [0.1, 0.15) is 25.7 Å². The van der Waals surface area contributed by atoms with Gasteiger partial charge in [0.25, 0.3) is 0 Å². The Labute approximate surface area is 200 Å². The number of aliphatic hydroxyl groups excluding tert-OH is 1. The molecule has 194 valence electrons. The van der Waals surface area contributed by atoms with Gasteiger partial charge in [-0.2, -0.15) is 11.8 Å². The lowest BCUT2D eigenvalue weighted by Crippen LogP contribution is -2.57. The Morgan fingerprint density at radius 3 is 1.91 bits per heavy atom. The third-order valence-corrected chi connectivity index (χ3v) is 5.02. The van der Waals surface area contributed by atoms with Crippen molar-refractivity contribution in [1.29, 1.82) is 0 Å². The molecule has 0 saturated heterocycles. The molecular formula is C18H34N8O7S. The molecule has 0 radical (unpaired) electrons. The van der Waals surface area contributed by atoms with Gasteiger partial charge in [0.2, 0.25) is 23.6 Å². The second kappa shape index (κ2) is 16.5. The molecule has 0 aliphatic rings. The number of nitrogens with two attached hydrogens (primary N) is 4. The molecule has 4 atom stereocenters. The maximum atomic E-state index is 12.9. The van der Waals surface area contributed by atoms with Crippen LogP contribution in [-0.2, 0) is 24.0 Å². The lowest BCUT2D eigenvalue weighted by molar-refractivity contribution is -0.143. The zero-order valence-electron chi connectivity index (χ0n) is 18.9. The Kier molecular flexibility index (Phi) is 15.0. The molecular weight excluding hydrogens is 472 g/mol. The minimum absolute atomic E-state index is 0.0105. The summed E-state index contributed by atoms with van der Waals surface area (Å²) < 4.78 is 0. The van der Waals surface area contributed by atoms with E-state index in [-0.39, 0.29) is 31.8 Å². The first-order chi connectivity index (χ1) is 15.9. The van der Waals surface area contributed by atoms with Crippen molar-refractivity contribution < 1.29 is 34.2 Å². The Morgan fingerprint density at radius 1 is 0.912 bits per heavy atom. The van der Waals surface area contributed by atoms with Gasteiger partial charge in [-0.1, -0.05) is 0 Å². The number of hydrogen-bond acceptors (Lipinski definition) is 9. The van der Waals surface area contributed by atoms with E-state index in [9.17, 15) is 29.1 Å². The van der Waals surface area contributed by atoms with Gasteiger partial charge in [0.05, 0.1) is 13.0 Å². The van der Waals surface area contributed by atoms with Gasteiger partial charge in [-0.15, -0.1) is 0 Å². The molecule has 34 heavy (non-hydrogen) atoms. The van der Waals surface area contributed by atoms with E-state index in [0.29, 0.717) is 5.75 Å². The molecule has 0 spiro atoms. The highest BCUT2D eigenvalue weighted by molar-refractivity contribution is 7.98. The minimum Gasteiger partial charge on any atom is -0.480 e. The highest BCUT2D eigenvalue weighted by atomic mass is 32.2. The van der Waals surface area contributed by atoms with Crippen LogP contribution in [0.5, 0.6) is 0 Å². The van der Waals surface area contributed by atoms with Gasteiger partial charge in [0, 0.05) is 6.54 Å². The molecule has 0 aromatic heterocycles. The monoisotopic (exact) mass is 506 g/mol. The topological polar surface area (TPSA) is 278 Å². The molecule has 0 bridgehead atoms. The second-order valence-electron chi connectivity index (χ2n) is 7.21. The summed E-state index contributed by atoms with van der Waals surface area (Å²) in [4.78, 5) is 63.9. The number of aliphatic imine (C=N–C) groups is 1. The van der Waals surface area contributed by atoms with Gasteiger partial charge < -0.3 is 49.1 Å². The largest absolute Gasteiger partial charge is 0.480 e. The van der Waals surface area contributed by atoms with Crippen molar-refractivity contribution in [1.82, 2.24) is 16.0 Å². The molecule has 15 nitrogen and oxygen atoms in total. The van der Waals surface area contributed by atoms with E-state index >= 15 is 0 Å². The van der Waals surface area contributed by atoms with Crippen LogP contribution in [0.25, 0.3) is 0 Å². The summed E-state index contributed by atoms with van der Waals surface area (Å²) in [6, 6.07) is -5.16. The number of guanidine groups is 1. The van der Waals surface area contributed by atoms with Crippen molar-refractivity contribution in [3.05, 3.63) is 0 Å². The first-order valence-corrected chi connectivity index (χ1v) is 11.6. The van der Waals surface area contributed by atoms with Crippen LogP contribution in [0.15, 0.2) is 4.99 Å². The fourth-order valence-corrected chi connectivity index (χ4v) is 3.06. The van der Waals surface area contributed by atoms with Crippen LogP contribution in [-0.4, -0.2) is 95.1 Å². The number of carbonyl (C=O) groups excluding carboxylic acids is 4. The lowest BCUT2D eigenvalue weighted by atomic mass is 10.1. The first kappa shape index (κ1) is 30.9. The number of nitrogens with zero attached hydrogens (tertiary/aromatic N) is 1. The summed E-state index contributed by atoms with van der Waals surface area (Å²) in [6.45, 7) is -0.501. The molecule has 0 rings (SSSR count). The number of thioether (sulfide) groups is 1. The second-order valence-corrected chi connectivity index (χ2v) is 8.20. The number of carboxylic acid groups (broad SMARTS) is 1.